The van der Waals surface area contributed by atoms with Crippen LogP contribution in [0, 0.1) is 11.3 Å². The first-order valence-corrected chi connectivity index (χ1v) is 4.06. The second-order valence-corrected chi connectivity index (χ2v) is 4.37. The molecule has 1 heterocycles. The molecule has 3 heteroatoms. The number of carbonyl (C=O) groups excluding carboxylic acids is 1. The van der Waals surface area contributed by atoms with Crippen molar-refractivity contribution < 1.29 is 9.53 Å². The van der Waals surface area contributed by atoms with E-state index in [1.165, 1.54) is 0 Å². The third-order valence-electron chi connectivity index (χ3n) is 1.92. The van der Waals surface area contributed by atoms with Crippen molar-refractivity contribution in [2.75, 3.05) is 0 Å². The predicted molar refractivity (Wildman–Crippen MR) is 46.3 cm³/mol. The highest BCUT2D eigenvalue weighted by Crippen LogP contribution is 2.34. The van der Waals surface area contributed by atoms with Crippen LogP contribution in [0.5, 0.6) is 0 Å². The molecule has 0 radical (unpaired) electrons. The average Bonchev–Trinajstić information content (AvgIpc) is 2.08. The fourth-order valence-corrected chi connectivity index (χ4v) is 1.38. The largest absolute Gasteiger partial charge is 0.419 e. The van der Waals surface area contributed by atoms with E-state index in [2.05, 4.69) is 0 Å². The summed E-state index contributed by atoms with van der Waals surface area (Å²) in [6.07, 6.45) is 0.609. The van der Waals surface area contributed by atoms with Crippen molar-refractivity contribution in [3.63, 3.8) is 0 Å². The first-order valence-electron chi connectivity index (χ1n) is 3.66. The minimum Gasteiger partial charge on any atom is -0.419 e. The lowest BCUT2D eigenvalue weighted by Gasteiger charge is -2.22. The van der Waals surface area contributed by atoms with Gasteiger partial charge in [0, 0.05) is 6.42 Å². The molecule has 0 N–H and O–H groups in total. The summed E-state index contributed by atoms with van der Waals surface area (Å²) in [6, 6.07) is 0. The number of carbonyl (C=O) groups is 1. The SMILES string of the molecule is CC(C)(C)C1CC(=S)OC1=O. The Morgan fingerprint density at radius 2 is 2.09 bits per heavy atom. The monoisotopic (exact) mass is 172 g/mol. The molecule has 62 valence electrons. The molecule has 0 amide bonds. The Labute approximate surface area is 71.9 Å². The number of hydrogen-bond donors (Lipinski definition) is 0. The molecular weight excluding hydrogens is 160 g/mol. The summed E-state index contributed by atoms with van der Waals surface area (Å²) >= 11 is 4.80. The molecule has 0 aliphatic carbocycles. The van der Waals surface area contributed by atoms with Gasteiger partial charge in [-0.1, -0.05) is 20.8 Å². The Hall–Kier alpha value is -0.440. The van der Waals surface area contributed by atoms with Crippen molar-refractivity contribution in [2.45, 2.75) is 27.2 Å². The highest BCUT2D eigenvalue weighted by molar-refractivity contribution is 7.80. The van der Waals surface area contributed by atoms with E-state index in [0.29, 0.717) is 11.5 Å². The lowest BCUT2D eigenvalue weighted by molar-refractivity contribution is -0.139. The quantitative estimate of drug-likeness (QED) is 0.412. The maximum atomic E-state index is 11.1. The predicted octanol–water partition coefficient (Wildman–Crippen LogP) is 1.92. The van der Waals surface area contributed by atoms with E-state index in [9.17, 15) is 4.79 Å². The molecule has 0 spiro atoms. The molecule has 1 unspecified atom stereocenters. The molecule has 11 heavy (non-hydrogen) atoms. The van der Waals surface area contributed by atoms with Gasteiger partial charge in [-0.3, -0.25) is 4.79 Å². The summed E-state index contributed by atoms with van der Waals surface area (Å²) in [4.78, 5) is 11.1. The van der Waals surface area contributed by atoms with Gasteiger partial charge in [-0.15, -0.1) is 0 Å². The van der Waals surface area contributed by atoms with Crippen LogP contribution in [0.4, 0.5) is 0 Å². The van der Waals surface area contributed by atoms with Crippen molar-refractivity contribution >= 4 is 23.2 Å². The number of thiocarbonyl (C=S) groups is 1. The van der Waals surface area contributed by atoms with Gasteiger partial charge >= 0.3 is 5.97 Å². The average molecular weight is 172 g/mol. The molecule has 1 aliphatic rings. The highest BCUT2D eigenvalue weighted by atomic mass is 32.1. The zero-order valence-corrected chi connectivity index (χ0v) is 7.83. The maximum Gasteiger partial charge on any atom is 0.315 e. The molecule has 2 nitrogen and oxygen atoms in total. The standard InChI is InChI=1S/C8H12O2S/c1-8(2,3)5-4-6(11)10-7(5)9/h5H,4H2,1-3H3. The maximum absolute atomic E-state index is 11.1. The third-order valence-corrected chi connectivity index (χ3v) is 2.17. The Morgan fingerprint density at radius 1 is 1.55 bits per heavy atom. The summed E-state index contributed by atoms with van der Waals surface area (Å²) in [7, 11) is 0. The molecule has 1 aliphatic heterocycles. The zero-order valence-electron chi connectivity index (χ0n) is 7.01. The van der Waals surface area contributed by atoms with Crippen LogP contribution in [0.3, 0.4) is 0 Å². The van der Waals surface area contributed by atoms with Crippen molar-refractivity contribution in [3.8, 4) is 0 Å². The van der Waals surface area contributed by atoms with Crippen molar-refractivity contribution in [1.82, 2.24) is 0 Å². The number of rotatable bonds is 0. The van der Waals surface area contributed by atoms with Crippen LogP contribution in [0.2, 0.25) is 0 Å². The fourth-order valence-electron chi connectivity index (χ4n) is 1.13. The number of hydrogen-bond acceptors (Lipinski definition) is 3. The van der Waals surface area contributed by atoms with Gasteiger partial charge in [-0.05, 0) is 17.6 Å². The smallest absolute Gasteiger partial charge is 0.315 e. The number of esters is 1. The minimum atomic E-state index is -0.164. The molecular formula is C8H12O2S. The summed E-state index contributed by atoms with van der Waals surface area (Å²) in [5.41, 5.74) is -0.0301. The van der Waals surface area contributed by atoms with Gasteiger partial charge in [0.15, 0.2) is 5.05 Å². The molecule has 1 atom stereocenters. The Morgan fingerprint density at radius 3 is 2.27 bits per heavy atom. The van der Waals surface area contributed by atoms with Gasteiger partial charge in [-0.25, -0.2) is 0 Å². The van der Waals surface area contributed by atoms with E-state index in [1.54, 1.807) is 0 Å². The summed E-state index contributed by atoms with van der Waals surface area (Å²) in [6.45, 7) is 6.06. The van der Waals surface area contributed by atoms with Crippen LogP contribution in [0.25, 0.3) is 0 Å². The second kappa shape index (κ2) is 2.55. The van der Waals surface area contributed by atoms with Gasteiger partial charge in [-0.2, -0.15) is 0 Å². The molecule has 0 aromatic carbocycles. The van der Waals surface area contributed by atoms with Gasteiger partial charge in [0.25, 0.3) is 0 Å². The van der Waals surface area contributed by atoms with E-state index in [4.69, 9.17) is 17.0 Å². The van der Waals surface area contributed by atoms with E-state index in [-0.39, 0.29) is 17.3 Å². The Kier molecular flexibility index (Phi) is 2.01. The molecule has 0 bridgehead atoms. The van der Waals surface area contributed by atoms with Crippen LogP contribution in [-0.4, -0.2) is 11.0 Å². The van der Waals surface area contributed by atoms with Crippen LogP contribution in [0.1, 0.15) is 27.2 Å². The lowest BCUT2D eigenvalue weighted by atomic mass is 9.80. The zero-order chi connectivity index (χ0) is 8.65. The first-order chi connectivity index (χ1) is 4.91. The van der Waals surface area contributed by atoms with Gasteiger partial charge in [0.1, 0.15) is 0 Å². The topological polar surface area (TPSA) is 26.3 Å². The molecule has 1 rings (SSSR count). The van der Waals surface area contributed by atoms with E-state index < -0.39 is 0 Å². The van der Waals surface area contributed by atoms with Gasteiger partial charge in [0.05, 0.1) is 5.92 Å². The minimum absolute atomic E-state index is 0.0301. The third kappa shape index (κ3) is 1.77. The molecule has 0 aromatic rings. The van der Waals surface area contributed by atoms with Crippen LogP contribution < -0.4 is 0 Å². The van der Waals surface area contributed by atoms with Crippen molar-refractivity contribution in [3.05, 3.63) is 0 Å². The molecule has 0 saturated carbocycles. The molecule has 0 aromatic heterocycles. The Balaban J connectivity index is 2.76. The summed E-state index contributed by atoms with van der Waals surface area (Å²) < 4.78 is 4.79. The number of ether oxygens (including phenoxy) is 1. The highest BCUT2D eigenvalue weighted by Gasteiger charge is 2.39. The van der Waals surface area contributed by atoms with E-state index in [1.807, 2.05) is 20.8 Å². The summed E-state index contributed by atoms with van der Waals surface area (Å²) in [5.74, 6) is -0.211. The molecule has 1 saturated heterocycles. The lowest BCUT2D eigenvalue weighted by Crippen LogP contribution is -2.24. The fraction of sp³-hybridized carbons (Fsp3) is 0.750. The van der Waals surface area contributed by atoms with E-state index in [0.717, 1.165) is 0 Å². The first kappa shape index (κ1) is 8.65. The van der Waals surface area contributed by atoms with Crippen molar-refractivity contribution in [2.24, 2.45) is 11.3 Å². The normalized spacial score (nSPS) is 25.5. The number of cyclic esters (lactones) is 1. The second-order valence-electron chi connectivity index (χ2n) is 3.92. The van der Waals surface area contributed by atoms with Crippen LogP contribution in [-0.2, 0) is 9.53 Å². The summed E-state index contributed by atoms with van der Waals surface area (Å²) in [5, 5.41) is 0.440. The van der Waals surface area contributed by atoms with Crippen LogP contribution >= 0.6 is 12.2 Å². The molecule has 1 fully saturated rings. The van der Waals surface area contributed by atoms with Gasteiger partial charge in [0.2, 0.25) is 0 Å². The Bertz CT molecular complexity index is 203. The van der Waals surface area contributed by atoms with Crippen molar-refractivity contribution in [1.29, 1.82) is 0 Å². The van der Waals surface area contributed by atoms with E-state index >= 15 is 0 Å². The van der Waals surface area contributed by atoms with Gasteiger partial charge < -0.3 is 4.74 Å². The van der Waals surface area contributed by atoms with Crippen LogP contribution in [0.15, 0.2) is 0 Å².